The van der Waals surface area contributed by atoms with Crippen LogP contribution in [0.4, 0.5) is 15.9 Å². The first kappa shape index (κ1) is 20.9. The molecule has 0 aliphatic carbocycles. The maximum atomic E-state index is 14.4. The maximum Gasteiger partial charge on any atom is 0.165 e. The van der Waals surface area contributed by atoms with Crippen molar-refractivity contribution < 1.29 is 18.7 Å². The van der Waals surface area contributed by atoms with Crippen LogP contribution in [0.5, 0.6) is 11.5 Å². The van der Waals surface area contributed by atoms with Crippen molar-refractivity contribution in [3.05, 3.63) is 59.8 Å². The van der Waals surface area contributed by atoms with Gasteiger partial charge in [-0.25, -0.2) is 14.4 Å². The van der Waals surface area contributed by atoms with E-state index in [1.807, 2.05) is 4.90 Å². The summed E-state index contributed by atoms with van der Waals surface area (Å²) in [7, 11) is 1.56. The van der Waals surface area contributed by atoms with E-state index in [9.17, 15) is 9.18 Å². The van der Waals surface area contributed by atoms with E-state index < -0.39 is 5.82 Å². The average Bonchev–Trinajstić information content (AvgIpc) is 3.22. The number of ether oxygens (including phenoxy) is 2. The number of anilines is 2. The van der Waals surface area contributed by atoms with Crippen molar-refractivity contribution in [1.82, 2.24) is 14.9 Å². The molecule has 7 nitrogen and oxygen atoms in total. The molecule has 9 heteroatoms. The summed E-state index contributed by atoms with van der Waals surface area (Å²) in [6.45, 7) is 1.44. The minimum absolute atomic E-state index is 0.0171. The van der Waals surface area contributed by atoms with Crippen molar-refractivity contribution in [1.29, 1.82) is 0 Å². The van der Waals surface area contributed by atoms with Gasteiger partial charge in [0.25, 0.3) is 0 Å². The zero-order valence-electron chi connectivity index (χ0n) is 16.7. The summed E-state index contributed by atoms with van der Waals surface area (Å²) in [5, 5.41) is 3.65. The zero-order chi connectivity index (χ0) is 21.8. The smallest absolute Gasteiger partial charge is 0.165 e. The van der Waals surface area contributed by atoms with Gasteiger partial charge in [-0.3, -0.25) is 4.79 Å². The van der Waals surface area contributed by atoms with Crippen LogP contribution in [0.1, 0.15) is 6.42 Å². The predicted octanol–water partition coefficient (Wildman–Crippen LogP) is 4.34. The fourth-order valence-electron chi connectivity index (χ4n) is 3.47. The number of carbonyl (C=O) groups is 1. The first-order valence-electron chi connectivity index (χ1n) is 9.65. The molecule has 2 heterocycles. The van der Waals surface area contributed by atoms with E-state index >= 15 is 0 Å². The number of hydrogen-bond donors (Lipinski definition) is 1. The second kappa shape index (κ2) is 9.18. The number of allylic oxidation sites excluding steroid dienone is 1. The summed E-state index contributed by atoms with van der Waals surface area (Å²) in [4.78, 5) is 21.1. The Labute approximate surface area is 183 Å². The fourth-order valence-corrected chi connectivity index (χ4v) is 3.64. The Hall–Kier alpha value is -3.39. The molecule has 1 fully saturated rings. The fraction of sp³-hybridized carbons (Fsp3) is 0.227. The maximum absolute atomic E-state index is 14.4. The van der Waals surface area contributed by atoms with Gasteiger partial charge in [0.1, 0.15) is 24.5 Å². The van der Waals surface area contributed by atoms with Gasteiger partial charge in [0, 0.05) is 30.6 Å². The second-order valence-corrected chi connectivity index (χ2v) is 7.38. The van der Waals surface area contributed by atoms with E-state index in [1.165, 1.54) is 18.5 Å². The first-order chi connectivity index (χ1) is 15.1. The molecule has 3 aromatic rings. The second-order valence-electron chi connectivity index (χ2n) is 6.97. The number of fused-ring (bicyclic) bond motifs is 1. The van der Waals surface area contributed by atoms with Crippen molar-refractivity contribution in [3.63, 3.8) is 0 Å². The van der Waals surface area contributed by atoms with Gasteiger partial charge in [-0.15, -0.1) is 0 Å². The Morgan fingerprint density at radius 3 is 2.97 bits per heavy atom. The lowest BCUT2D eigenvalue weighted by Gasteiger charge is -2.18. The summed E-state index contributed by atoms with van der Waals surface area (Å²) in [6.07, 6.45) is 6.08. The van der Waals surface area contributed by atoms with E-state index in [4.69, 9.17) is 21.1 Å². The van der Waals surface area contributed by atoms with Crippen molar-refractivity contribution in [2.24, 2.45) is 0 Å². The lowest BCUT2D eigenvalue weighted by Crippen LogP contribution is -2.21. The van der Waals surface area contributed by atoms with Gasteiger partial charge in [-0.1, -0.05) is 17.7 Å². The van der Waals surface area contributed by atoms with Crippen molar-refractivity contribution >= 4 is 40.3 Å². The van der Waals surface area contributed by atoms with Crippen LogP contribution in [-0.4, -0.2) is 47.5 Å². The lowest BCUT2D eigenvalue weighted by atomic mass is 10.2. The molecule has 2 aromatic carbocycles. The molecule has 0 unspecified atom stereocenters. The van der Waals surface area contributed by atoms with E-state index in [2.05, 4.69) is 15.3 Å². The zero-order valence-corrected chi connectivity index (χ0v) is 17.5. The van der Waals surface area contributed by atoms with Gasteiger partial charge < -0.3 is 19.7 Å². The highest BCUT2D eigenvalue weighted by atomic mass is 35.5. The van der Waals surface area contributed by atoms with E-state index in [0.29, 0.717) is 34.8 Å². The number of nitrogens with zero attached hydrogens (tertiary/aromatic N) is 3. The molecule has 1 aliphatic heterocycles. The van der Waals surface area contributed by atoms with Crippen LogP contribution >= 0.6 is 11.6 Å². The normalized spacial score (nSPS) is 16.1. The molecule has 1 aliphatic rings. The molecule has 1 atom stereocenters. The van der Waals surface area contributed by atoms with Gasteiger partial charge in [-0.05, 0) is 24.3 Å². The highest BCUT2D eigenvalue weighted by Crippen LogP contribution is 2.36. The Balaban J connectivity index is 1.65. The molecular weight excluding hydrogens is 423 g/mol. The molecule has 4 rings (SSSR count). The van der Waals surface area contributed by atoms with Crippen molar-refractivity contribution in [2.45, 2.75) is 12.5 Å². The van der Waals surface area contributed by atoms with Crippen LogP contribution in [0.3, 0.4) is 0 Å². The Morgan fingerprint density at radius 1 is 1.29 bits per heavy atom. The number of benzene rings is 2. The number of aldehydes is 1. The van der Waals surface area contributed by atoms with Gasteiger partial charge >= 0.3 is 0 Å². The summed E-state index contributed by atoms with van der Waals surface area (Å²) >= 11 is 5.89. The molecule has 0 saturated carbocycles. The standard InChI is InChI=1S/C22H20ClFN4O3/c1-30-19-11-18-15(10-20(19)31-14-6-8-28(12-14)7-3-9-29)22(26-13-25-18)27-17-5-2-4-16(23)21(17)24/h2-5,7,9-11,13-14H,6,8,12H2,1H3,(H,25,26,27)/t14-/m0/s1. The van der Waals surface area contributed by atoms with Crippen molar-refractivity contribution in [2.75, 3.05) is 25.5 Å². The monoisotopic (exact) mass is 442 g/mol. The molecule has 160 valence electrons. The Morgan fingerprint density at radius 2 is 2.16 bits per heavy atom. The topological polar surface area (TPSA) is 76.6 Å². The Kier molecular flexibility index (Phi) is 6.18. The van der Waals surface area contributed by atoms with E-state index in [1.54, 1.807) is 37.6 Å². The molecule has 0 radical (unpaired) electrons. The van der Waals surface area contributed by atoms with Crippen LogP contribution in [0.15, 0.2) is 48.9 Å². The summed E-state index contributed by atoms with van der Waals surface area (Å²) in [5.74, 6) is 0.926. The van der Waals surface area contributed by atoms with Crippen LogP contribution < -0.4 is 14.8 Å². The minimum atomic E-state index is -0.560. The van der Waals surface area contributed by atoms with Gasteiger partial charge in [-0.2, -0.15) is 0 Å². The van der Waals surface area contributed by atoms with Crippen LogP contribution in [0.2, 0.25) is 5.02 Å². The van der Waals surface area contributed by atoms with Gasteiger partial charge in [0.2, 0.25) is 0 Å². The molecule has 0 spiro atoms. The number of halogens is 2. The lowest BCUT2D eigenvalue weighted by molar-refractivity contribution is -0.104. The predicted molar refractivity (Wildman–Crippen MR) is 117 cm³/mol. The summed E-state index contributed by atoms with van der Waals surface area (Å²) < 4.78 is 26.1. The Bertz CT molecular complexity index is 1140. The van der Waals surface area contributed by atoms with Crippen molar-refractivity contribution in [3.8, 4) is 11.5 Å². The minimum Gasteiger partial charge on any atom is -0.493 e. The molecule has 31 heavy (non-hydrogen) atoms. The van der Waals surface area contributed by atoms with Gasteiger partial charge in [0.15, 0.2) is 17.3 Å². The first-order valence-corrected chi connectivity index (χ1v) is 10.0. The summed E-state index contributed by atoms with van der Waals surface area (Å²) in [5.41, 5.74) is 0.824. The number of hydrogen-bond acceptors (Lipinski definition) is 7. The number of likely N-dealkylation sites (tertiary alicyclic amines) is 1. The number of rotatable bonds is 7. The molecule has 0 bridgehead atoms. The van der Waals surface area contributed by atoms with E-state index in [0.717, 1.165) is 19.3 Å². The SMILES string of the molecule is COc1cc2ncnc(Nc3cccc(Cl)c3F)c2cc1O[C@H]1CCN(C=CC=O)C1. The van der Waals surface area contributed by atoms with E-state index in [-0.39, 0.29) is 16.8 Å². The third-order valence-electron chi connectivity index (χ3n) is 4.97. The quantitative estimate of drug-likeness (QED) is 0.431. The number of methoxy groups -OCH3 is 1. The molecule has 0 amide bonds. The molecule has 1 aromatic heterocycles. The van der Waals surface area contributed by atoms with Crippen LogP contribution in [0.25, 0.3) is 10.9 Å². The number of carbonyl (C=O) groups excluding carboxylic acids is 1. The average molecular weight is 443 g/mol. The highest BCUT2D eigenvalue weighted by Gasteiger charge is 2.24. The molecule has 1 N–H and O–H groups in total. The third-order valence-corrected chi connectivity index (χ3v) is 5.26. The number of nitrogens with one attached hydrogen (secondary N) is 1. The summed E-state index contributed by atoms with van der Waals surface area (Å²) in [6, 6.07) is 8.25. The molecule has 1 saturated heterocycles. The number of aromatic nitrogens is 2. The van der Waals surface area contributed by atoms with Crippen LogP contribution in [-0.2, 0) is 4.79 Å². The highest BCUT2D eigenvalue weighted by molar-refractivity contribution is 6.31. The third kappa shape index (κ3) is 4.54. The van der Waals surface area contributed by atoms with Crippen LogP contribution in [0, 0.1) is 5.82 Å². The van der Waals surface area contributed by atoms with Gasteiger partial charge in [0.05, 0.1) is 29.9 Å². The largest absolute Gasteiger partial charge is 0.493 e. The molecular formula is C22H20ClFN4O3.